The Morgan fingerprint density at radius 2 is 2.17 bits per heavy atom. The molecule has 0 aliphatic heterocycles. The third-order valence-corrected chi connectivity index (χ3v) is 3.65. The Morgan fingerprint density at radius 3 is 2.78 bits per heavy atom. The first kappa shape index (κ1) is 13.8. The molecule has 18 heavy (non-hydrogen) atoms. The second-order valence-electron chi connectivity index (χ2n) is 5.08. The lowest BCUT2D eigenvalue weighted by atomic mass is 10.0. The van der Waals surface area contributed by atoms with Crippen LogP contribution in [0.3, 0.4) is 0 Å². The summed E-state index contributed by atoms with van der Waals surface area (Å²) >= 11 is 8.32. The number of aromatic nitrogens is 1. The van der Waals surface area contributed by atoms with Crippen molar-refractivity contribution in [3.63, 3.8) is 0 Å². The fraction of sp³-hybridized carbons (Fsp3) is 0.385. The number of hydrogen-bond donors (Lipinski definition) is 0. The molecule has 0 fully saturated rings. The molecule has 0 spiro atoms. The second-order valence-corrected chi connectivity index (χ2v) is 6.65. The van der Waals surface area contributed by atoms with Crippen molar-refractivity contribution in [2.24, 2.45) is 0 Å². The van der Waals surface area contributed by atoms with Gasteiger partial charge in [0.2, 0.25) is 0 Å². The molecule has 3 nitrogen and oxygen atoms in total. The van der Waals surface area contributed by atoms with E-state index in [9.17, 15) is 4.79 Å². The molecule has 0 N–H and O–H groups in total. The number of nitrogens with zero attached hydrogens (tertiary/aromatic N) is 1. The van der Waals surface area contributed by atoms with E-state index in [0.717, 1.165) is 14.8 Å². The number of carbonyl (C=O) groups excluding carboxylic acids is 1. The van der Waals surface area contributed by atoms with Crippen molar-refractivity contribution in [2.75, 3.05) is 0 Å². The normalized spacial score (nSPS) is 18.3. The first-order valence-electron chi connectivity index (χ1n) is 5.54. The van der Waals surface area contributed by atoms with Crippen LogP contribution in [0.1, 0.15) is 37.9 Å². The lowest BCUT2D eigenvalue weighted by molar-refractivity contribution is -0.155. The summed E-state index contributed by atoms with van der Waals surface area (Å²) in [6.07, 6.45) is 3.49. The Labute approximate surface area is 125 Å². The lowest BCUT2D eigenvalue weighted by Gasteiger charge is -2.22. The number of carbonyl (C=O) groups is 1. The predicted octanol–water partition coefficient (Wildman–Crippen LogP) is 3.95. The third-order valence-electron chi connectivity index (χ3n) is 2.45. The molecule has 1 unspecified atom stereocenters. The van der Waals surface area contributed by atoms with Crippen molar-refractivity contribution in [3.05, 3.63) is 34.6 Å². The highest BCUT2D eigenvalue weighted by Crippen LogP contribution is 2.42. The first-order chi connectivity index (χ1) is 8.29. The highest BCUT2D eigenvalue weighted by Gasteiger charge is 2.34. The summed E-state index contributed by atoms with van der Waals surface area (Å²) in [5.41, 5.74) is 1.02. The zero-order valence-corrected chi connectivity index (χ0v) is 13.2. The standard InChI is InChI=1S/C13H13ClINO2/c1-13(2,3)18-12(17)7-6-9(15)11-10(7)8(14)4-5-16-11/h4-7H,1-3H3. The Bertz CT molecular complexity index is 534. The van der Waals surface area contributed by atoms with Crippen molar-refractivity contribution < 1.29 is 9.53 Å². The molecular formula is C13H13ClINO2. The molecule has 1 aliphatic rings. The molecule has 1 aliphatic carbocycles. The van der Waals surface area contributed by atoms with Gasteiger partial charge < -0.3 is 4.74 Å². The Morgan fingerprint density at radius 1 is 1.50 bits per heavy atom. The highest BCUT2D eigenvalue weighted by atomic mass is 127. The van der Waals surface area contributed by atoms with E-state index >= 15 is 0 Å². The molecule has 0 saturated heterocycles. The molecule has 0 amide bonds. The summed E-state index contributed by atoms with van der Waals surface area (Å²) in [6, 6.07) is 1.70. The highest BCUT2D eigenvalue weighted by molar-refractivity contribution is 14.1. The van der Waals surface area contributed by atoms with Gasteiger partial charge in [-0.15, -0.1) is 0 Å². The summed E-state index contributed by atoms with van der Waals surface area (Å²) in [6.45, 7) is 5.54. The van der Waals surface area contributed by atoms with Crippen LogP contribution in [-0.2, 0) is 9.53 Å². The molecule has 1 atom stereocenters. The SMILES string of the molecule is CC(C)(C)OC(=O)C1C=C(I)c2nccc(Cl)c21. The van der Waals surface area contributed by atoms with Gasteiger partial charge in [-0.1, -0.05) is 17.7 Å². The van der Waals surface area contributed by atoms with Crippen LogP contribution >= 0.6 is 34.2 Å². The van der Waals surface area contributed by atoms with Gasteiger partial charge >= 0.3 is 5.97 Å². The zero-order valence-electron chi connectivity index (χ0n) is 10.3. The number of halogens is 2. The fourth-order valence-electron chi connectivity index (χ4n) is 1.80. The minimum atomic E-state index is -0.506. The van der Waals surface area contributed by atoms with Gasteiger partial charge in [-0.25, -0.2) is 0 Å². The number of rotatable bonds is 1. The van der Waals surface area contributed by atoms with Crippen LogP contribution in [0.5, 0.6) is 0 Å². The molecule has 1 heterocycles. The smallest absolute Gasteiger partial charge is 0.318 e. The Kier molecular flexibility index (Phi) is 3.69. The fourth-order valence-corrected chi connectivity index (χ4v) is 2.85. The van der Waals surface area contributed by atoms with E-state index in [1.807, 2.05) is 26.8 Å². The third kappa shape index (κ3) is 2.69. The predicted molar refractivity (Wildman–Crippen MR) is 79.8 cm³/mol. The van der Waals surface area contributed by atoms with Crippen molar-refractivity contribution in [3.8, 4) is 0 Å². The number of fused-ring (bicyclic) bond motifs is 1. The molecule has 2 rings (SSSR count). The molecule has 1 aromatic heterocycles. The maximum Gasteiger partial charge on any atom is 0.318 e. The van der Waals surface area contributed by atoms with E-state index in [-0.39, 0.29) is 5.97 Å². The molecule has 96 valence electrons. The summed E-state index contributed by atoms with van der Waals surface area (Å²) in [7, 11) is 0. The van der Waals surface area contributed by atoms with Crippen molar-refractivity contribution in [2.45, 2.75) is 32.3 Å². The maximum atomic E-state index is 12.2. The Hall–Kier alpha value is -0.620. The lowest BCUT2D eigenvalue weighted by Crippen LogP contribution is -2.27. The van der Waals surface area contributed by atoms with Crippen LogP contribution in [0.2, 0.25) is 5.02 Å². The Balaban J connectivity index is 2.37. The number of ether oxygens (including phenoxy) is 1. The average molecular weight is 378 g/mol. The van der Waals surface area contributed by atoms with Crippen LogP contribution < -0.4 is 0 Å². The van der Waals surface area contributed by atoms with Crippen molar-refractivity contribution in [1.29, 1.82) is 0 Å². The van der Waals surface area contributed by atoms with Crippen LogP contribution in [0.4, 0.5) is 0 Å². The average Bonchev–Trinajstić information content (AvgIpc) is 2.56. The van der Waals surface area contributed by atoms with Gasteiger partial charge in [0.1, 0.15) is 11.5 Å². The molecule has 0 radical (unpaired) electrons. The molecule has 5 heteroatoms. The monoisotopic (exact) mass is 377 g/mol. The molecular weight excluding hydrogens is 365 g/mol. The number of hydrogen-bond acceptors (Lipinski definition) is 3. The first-order valence-corrected chi connectivity index (χ1v) is 7.00. The summed E-state index contributed by atoms with van der Waals surface area (Å²) < 4.78 is 6.34. The van der Waals surface area contributed by atoms with Gasteiger partial charge in [-0.2, -0.15) is 0 Å². The molecule has 0 saturated carbocycles. The van der Waals surface area contributed by atoms with Gasteiger partial charge in [0.25, 0.3) is 0 Å². The van der Waals surface area contributed by atoms with E-state index in [1.165, 1.54) is 0 Å². The summed E-state index contributed by atoms with van der Waals surface area (Å²) in [5.74, 6) is -0.738. The van der Waals surface area contributed by atoms with Gasteiger partial charge in [0.05, 0.1) is 5.69 Å². The number of esters is 1. The van der Waals surface area contributed by atoms with Gasteiger partial charge in [-0.05, 0) is 49.4 Å². The number of pyridine rings is 1. The molecule has 0 aromatic carbocycles. The molecule has 1 aromatic rings. The molecule has 0 bridgehead atoms. The van der Waals surface area contributed by atoms with Crippen LogP contribution in [0.25, 0.3) is 3.58 Å². The largest absolute Gasteiger partial charge is 0.459 e. The minimum absolute atomic E-state index is 0.287. The van der Waals surface area contributed by atoms with Gasteiger partial charge in [-0.3, -0.25) is 9.78 Å². The summed E-state index contributed by atoms with van der Waals surface area (Å²) in [4.78, 5) is 16.4. The van der Waals surface area contributed by atoms with Crippen molar-refractivity contribution in [1.82, 2.24) is 4.98 Å². The van der Waals surface area contributed by atoms with E-state index in [4.69, 9.17) is 16.3 Å². The van der Waals surface area contributed by atoms with Crippen LogP contribution in [0, 0.1) is 0 Å². The van der Waals surface area contributed by atoms with E-state index in [0.29, 0.717) is 5.02 Å². The van der Waals surface area contributed by atoms with Gasteiger partial charge in [0, 0.05) is 20.4 Å². The van der Waals surface area contributed by atoms with Crippen molar-refractivity contribution >= 4 is 43.7 Å². The van der Waals surface area contributed by atoms with E-state index in [1.54, 1.807) is 12.3 Å². The zero-order chi connectivity index (χ0) is 13.5. The van der Waals surface area contributed by atoms with E-state index in [2.05, 4.69) is 27.6 Å². The quantitative estimate of drug-likeness (QED) is 0.549. The van der Waals surface area contributed by atoms with Crippen LogP contribution in [-0.4, -0.2) is 16.6 Å². The topological polar surface area (TPSA) is 39.2 Å². The minimum Gasteiger partial charge on any atom is -0.459 e. The second kappa shape index (κ2) is 4.81. The van der Waals surface area contributed by atoms with Gasteiger partial charge in [0.15, 0.2) is 0 Å². The summed E-state index contributed by atoms with van der Waals surface area (Å²) in [5, 5.41) is 0.554. The maximum absolute atomic E-state index is 12.2. The van der Waals surface area contributed by atoms with Crippen LogP contribution in [0.15, 0.2) is 18.3 Å². The van der Waals surface area contributed by atoms with E-state index < -0.39 is 11.5 Å².